The van der Waals surface area contributed by atoms with E-state index in [0.29, 0.717) is 11.8 Å². The average Bonchev–Trinajstić information content (AvgIpc) is 2.67. The van der Waals surface area contributed by atoms with Gasteiger partial charge >= 0.3 is 11.9 Å². The normalized spacial score (nSPS) is 12.5. The van der Waals surface area contributed by atoms with Gasteiger partial charge < -0.3 is 0 Å². The molecule has 1 heterocycles. The molecule has 0 N–H and O–H groups in total. The van der Waals surface area contributed by atoms with E-state index in [2.05, 4.69) is 5.10 Å². The third-order valence-electron chi connectivity index (χ3n) is 5.08. The topological polar surface area (TPSA) is 76.7 Å². The Kier molecular flexibility index (Phi) is 7.48. The molecule has 0 aliphatic heterocycles. The molecule has 0 spiro atoms. The number of aromatic nitrogens is 2. The van der Waals surface area contributed by atoms with Gasteiger partial charge in [0.1, 0.15) is 11.5 Å². The lowest BCUT2D eigenvalue weighted by molar-refractivity contribution is -0.144. The molecule has 1 amide bonds. The molecule has 1 aromatic carbocycles. The number of halogens is 5. The summed E-state index contributed by atoms with van der Waals surface area (Å²) in [7, 11) is 2.16. The molecule has 0 fully saturated rings. The number of amides is 1. The van der Waals surface area contributed by atoms with Crippen LogP contribution < -0.4 is 11.2 Å². The Balaban J connectivity index is 2.72. The van der Waals surface area contributed by atoms with Gasteiger partial charge in [-0.15, -0.1) is 0 Å². The van der Waals surface area contributed by atoms with E-state index in [1.54, 1.807) is 0 Å². The molecule has 0 aliphatic carbocycles. The number of hydrogen-bond donors (Lipinski definition) is 0. The molecule has 7 nitrogen and oxygen atoms in total. The van der Waals surface area contributed by atoms with Crippen molar-refractivity contribution in [2.24, 2.45) is 23.0 Å². The fourth-order valence-corrected chi connectivity index (χ4v) is 4.02. The van der Waals surface area contributed by atoms with Crippen molar-refractivity contribution in [2.75, 3.05) is 7.05 Å². The van der Waals surface area contributed by atoms with E-state index in [-0.39, 0.29) is 25.8 Å². The number of carbonyl (C=O) groups excluding carboxylic acids is 1. The third-order valence-corrected chi connectivity index (χ3v) is 5.40. The zero-order chi connectivity index (χ0) is 27.3. The fourth-order valence-electron chi connectivity index (χ4n) is 3.79. The smallest absolute Gasteiger partial charge is 0.292 e. The van der Waals surface area contributed by atoms with Crippen molar-refractivity contribution < 1.29 is 22.4 Å². The summed E-state index contributed by atoms with van der Waals surface area (Å²) in [5, 5.41) is 5.11. The van der Waals surface area contributed by atoms with E-state index in [1.165, 1.54) is 7.05 Å². The minimum Gasteiger partial charge on any atom is -0.292 e. The maximum atomic E-state index is 14.8. The van der Waals surface area contributed by atoms with Crippen molar-refractivity contribution in [2.45, 2.75) is 47.7 Å². The number of hydrogen-bond acceptors (Lipinski definition) is 4. The summed E-state index contributed by atoms with van der Waals surface area (Å²) >= 11 is 6.08. The van der Waals surface area contributed by atoms with Gasteiger partial charge in [0.05, 0.1) is 16.3 Å². The molecule has 192 valence electrons. The number of alkyl halides is 3. The summed E-state index contributed by atoms with van der Waals surface area (Å²) in [4.78, 5) is 38.2. The molecule has 35 heavy (non-hydrogen) atoms. The van der Waals surface area contributed by atoms with E-state index in [1.807, 2.05) is 41.5 Å². The summed E-state index contributed by atoms with van der Waals surface area (Å²) in [5.41, 5.74) is -5.54. The van der Waals surface area contributed by atoms with Gasteiger partial charge in [-0.2, -0.15) is 18.3 Å². The number of rotatable bonds is 3. The molecule has 2 aromatic rings. The lowest BCUT2D eigenvalue weighted by atomic mass is 9.75. The maximum Gasteiger partial charge on any atom is 0.431 e. The first-order chi connectivity index (χ1) is 15.7. The Labute approximate surface area is 204 Å². The zero-order valence-corrected chi connectivity index (χ0v) is 21.4. The highest BCUT2D eigenvalue weighted by molar-refractivity contribution is 6.34. The second-order valence-corrected chi connectivity index (χ2v) is 10.5. The highest BCUT2D eigenvalue weighted by Gasteiger charge is 2.35. The van der Waals surface area contributed by atoms with Crippen molar-refractivity contribution in [1.29, 1.82) is 0 Å². The Hall–Kier alpha value is -2.95. The summed E-state index contributed by atoms with van der Waals surface area (Å²) in [6.45, 7) is 11.5. The molecule has 12 heteroatoms. The van der Waals surface area contributed by atoms with Crippen LogP contribution in [-0.2, 0) is 13.2 Å². The number of benzene rings is 1. The van der Waals surface area contributed by atoms with E-state index in [9.17, 15) is 31.9 Å². The van der Waals surface area contributed by atoms with Crippen LogP contribution in [0.1, 0.15) is 57.6 Å². The molecule has 0 saturated heterocycles. The van der Waals surface area contributed by atoms with Gasteiger partial charge in [0.15, 0.2) is 0 Å². The van der Waals surface area contributed by atoms with Gasteiger partial charge in [0.25, 0.3) is 11.5 Å². The maximum absolute atomic E-state index is 14.8. The molecule has 0 radical (unpaired) electrons. The van der Waals surface area contributed by atoms with Crippen LogP contribution in [-0.4, -0.2) is 32.8 Å². The van der Waals surface area contributed by atoms with Crippen LogP contribution in [0.3, 0.4) is 0 Å². The highest BCUT2D eigenvalue weighted by atomic mass is 35.5. The van der Waals surface area contributed by atoms with Gasteiger partial charge in [0.2, 0.25) is 0 Å². The quantitative estimate of drug-likeness (QED) is 0.330. The Bertz CT molecular complexity index is 1300. The zero-order valence-electron chi connectivity index (χ0n) is 20.6. The predicted octanol–water partition coefficient (Wildman–Crippen LogP) is 4.87. The summed E-state index contributed by atoms with van der Waals surface area (Å²) in [5.74, 6) is -1.96. The highest BCUT2D eigenvalue weighted by Crippen LogP contribution is 2.31. The predicted molar refractivity (Wildman–Crippen MR) is 126 cm³/mol. The first-order valence-electron chi connectivity index (χ1n) is 10.4. The summed E-state index contributed by atoms with van der Waals surface area (Å²) < 4.78 is 54.6. The number of nitrogens with zero attached hydrogens (tertiary/aromatic N) is 4. The van der Waals surface area contributed by atoms with Crippen LogP contribution in [0, 0.1) is 16.6 Å². The lowest BCUT2D eigenvalue weighted by Gasteiger charge is -2.33. The Morgan fingerprint density at radius 1 is 1.00 bits per heavy atom. The molecule has 0 atom stereocenters. The standard InChI is InChI=1S/C23H27ClF4N4O3/c1-21(2,3)19(22(4,5)6)29-31(8)18(34)12-9-15(14(25)10-13(12)24)32-17(33)11-16(23(26,27)28)30(7)20(32)35/h9-11H,1-8H3. The van der Waals surface area contributed by atoms with E-state index < -0.39 is 51.4 Å². The molecular formula is C23H27ClF4N4O3. The molecule has 2 rings (SSSR count). The monoisotopic (exact) mass is 518 g/mol. The largest absolute Gasteiger partial charge is 0.431 e. The van der Waals surface area contributed by atoms with E-state index in [0.717, 1.165) is 18.1 Å². The summed E-state index contributed by atoms with van der Waals surface area (Å²) in [6, 6.07) is 1.72. The van der Waals surface area contributed by atoms with Gasteiger partial charge in [0, 0.05) is 36.7 Å². The molecule has 0 unspecified atom stereocenters. The number of hydrazone groups is 1. The van der Waals surface area contributed by atoms with E-state index >= 15 is 0 Å². The summed E-state index contributed by atoms with van der Waals surface area (Å²) in [6.07, 6.45) is -4.98. The minimum absolute atomic E-state index is 0.173. The van der Waals surface area contributed by atoms with Gasteiger partial charge in [-0.25, -0.2) is 18.8 Å². The SMILES string of the molecule is CN(N=C(C(C)(C)C)C(C)(C)C)C(=O)c1cc(-n2c(=O)cc(C(F)(F)F)n(C)c2=O)c(F)cc1Cl. The second kappa shape index (κ2) is 9.25. The number of carbonyl (C=O) groups is 1. The van der Waals surface area contributed by atoms with Crippen molar-refractivity contribution in [1.82, 2.24) is 14.1 Å². The van der Waals surface area contributed by atoms with Crippen LogP contribution in [0.4, 0.5) is 17.6 Å². The fraction of sp³-hybridized carbons (Fsp3) is 0.478. The van der Waals surface area contributed by atoms with Crippen molar-refractivity contribution in [3.63, 3.8) is 0 Å². The molecule has 0 bridgehead atoms. The van der Waals surface area contributed by atoms with Crippen LogP contribution >= 0.6 is 11.6 Å². The second-order valence-electron chi connectivity index (χ2n) is 10.1. The van der Waals surface area contributed by atoms with Crippen LogP contribution in [0.2, 0.25) is 5.02 Å². The lowest BCUT2D eigenvalue weighted by Crippen LogP contribution is -2.41. The minimum atomic E-state index is -4.98. The third kappa shape index (κ3) is 5.83. The Morgan fingerprint density at radius 3 is 1.97 bits per heavy atom. The first kappa shape index (κ1) is 28.3. The van der Waals surface area contributed by atoms with Crippen LogP contribution in [0.5, 0.6) is 0 Å². The average molecular weight is 519 g/mol. The van der Waals surface area contributed by atoms with Crippen molar-refractivity contribution in [3.8, 4) is 5.69 Å². The Morgan fingerprint density at radius 2 is 1.51 bits per heavy atom. The van der Waals surface area contributed by atoms with Crippen LogP contribution in [0.15, 0.2) is 32.9 Å². The van der Waals surface area contributed by atoms with Gasteiger partial charge in [-0.1, -0.05) is 53.1 Å². The van der Waals surface area contributed by atoms with Crippen molar-refractivity contribution in [3.05, 3.63) is 61.1 Å². The first-order valence-corrected chi connectivity index (χ1v) is 10.8. The van der Waals surface area contributed by atoms with Crippen molar-refractivity contribution >= 4 is 23.2 Å². The molecular weight excluding hydrogens is 492 g/mol. The molecule has 0 saturated carbocycles. The molecule has 0 aliphatic rings. The van der Waals surface area contributed by atoms with Crippen LogP contribution in [0.25, 0.3) is 5.69 Å². The van der Waals surface area contributed by atoms with Gasteiger partial charge in [-0.05, 0) is 12.1 Å². The van der Waals surface area contributed by atoms with E-state index in [4.69, 9.17) is 11.6 Å². The van der Waals surface area contributed by atoms with Gasteiger partial charge in [-0.3, -0.25) is 14.2 Å². The molecule has 1 aromatic heterocycles.